The largest absolute Gasteiger partial charge is 0.126 e. The maximum absolute atomic E-state index is 6.23. The van der Waals surface area contributed by atoms with Crippen molar-refractivity contribution in [3.8, 4) is 0 Å². The zero-order valence-corrected chi connectivity index (χ0v) is 13.6. The number of benzene rings is 2. The highest BCUT2D eigenvalue weighted by atomic mass is 79.9. The van der Waals surface area contributed by atoms with E-state index in [9.17, 15) is 0 Å². The van der Waals surface area contributed by atoms with E-state index in [-0.39, 0.29) is 0 Å². The molecule has 0 aliphatic heterocycles. The summed E-state index contributed by atoms with van der Waals surface area (Å²) in [5.74, 6) is 2.79. The Hall–Kier alpha value is -0.790. The van der Waals surface area contributed by atoms with Crippen LogP contribution in [0.3, 0.4) is 0 Å². The minimum Gasteiger partial charge on any atom is -0.126 e. The number of halogens is 2. The Bertz CT molecular complexity index is 567. The predicted molar refractivity (Wildman–Crippen MR) is 89.3 cm³/mol. The lowest BCUT2D eigenvalue weighted by Crippen LogP contribution is -2.10. The fourth-order valence-corrected chi connectivity index (χ4v) is 3.89. The van der Waals surface area contributed by atoms with Gasteiger partial charge in [0.2, 0.25) is 0 Å². The van der Waals surface area contributed by atoms with Gasteiger partial charge in [0.1, 0.15) is 0 Å². The molecule has 0 heterocycles. The number of rotatable bonds is 5. The van der Waals surface area contributed by atoms with Crippen LogP contribution in [0.25, 0.3) is 0 Å². The van der Waals surface area contributed by atoms with Crippen LogP contribution in [0.4, 0.5) is 0 Å². The van der Waals surface area contributed by atoms with Crippen molar-refractivity contribution < 1.29 is 0 Å². The molecule has 0 N–H and O–H groups in total. The maximum Gasteiger partial charge on any atom is 0.0257 e. The Morgan fingerprint density at radius 2 is 1.90 bits per heavy atom. The van der Waals surface area contributed by atoms with Crippen LogP contribution in [-0.2, 0) is 6.42 Å². The summed E-state index contributed by atoms with van der Waals surface area (Å²) in [4.78, 5) is 0. The molecule has 2 aromatic carbocycles. The molecule has 0 nitrogen and oxygen atoms in total. The molecule has 1 aliphatic rings. The van der Waals surface area contributed by atoms with Crippen LogP contribution >= 0.6 is 27.5 Å². The number of alkyl halides is 1. The smallest absolute Gasteiger partial charge is 0.0257 e. The van der Waals surface area contributed by atoms with Gasteiger partial charge >= 0.3 is 0 Å². The quantitative estimate of drug-likeness (QED) is 0.612. The topological polar surface area (TPSA) is 0 Å². The lowest BCUT2D eigenvalue weighted by Gasteiger charge is -2.14. The highest BCUT2D eigenvalue weighted by Gasteiger charge is 2.43. The average molecular weight is 350 g/mol. The van der Waals surface area contributed by atoms with Gasteiger partial charge in [-0.05, 0) is 53.9 Å². The predicted octanol–water partition coefficient (Wildman–Crippen LogP) is 5.65. The molecule has 3 rings (SSSR count). The van der Waals surface area contributed by atoms with Crippen molar-refractivity contribution in [3.63, 3.8) is 0 Å². The van der Waals surface area contributed by atoms with E-state index >= 15 is 0 Å². The molecular weight excluding hydrogens is 332 g/mol. The molecule has 104 valence electrons. The molecule has 3 atom stereocenters. The van der Waals surface area contributed by atoms with Crippen molar-refractivity contribution in [2.24, 2.45) is 11.8 Å². The summed E-state index contributed by atoms with van der Waals surface area (Å²) in [6, 6.07) is 19.4. The summed E-state index contributed by atoms with van der Waals surface area (Å²) in [6.45, 7) is 0. The van der Waals surface area contributed by atoms with Gasteiger partial charge in [-0.3, -0.25) is 0 Å². The zero-order chi connectivity index (χ0) is 13.9. The molecule has 2 heteroatoms. The second-order valence-corrected chi connectivity index (χ2v) is 6.89. The highest BCUT2D eigenvalue weighted by molar-refractivity contribution is 9.10. The molecule has 0 bridgehead atoms. The van der Waals surface area contributed by atoms with E-state index in [1.807, 2.05) is 0 Å². The molecule has 1 aliphatic carbocycles. The first kappa shape index (κ1) is 14.2. The minimum absolute atomic E-state index is 0.580. The van der Waals surface area contributed by atoms with Gasteiger partial charge in [0.25, 0.3) is 0 Å². The molecular formula is C18H18BrCl. The number of hydrogen-bond donors (Lipinski definition) is 0. The van der Waals surface area contributed by atoms with E-state index in [0.717, 1.165) is 22.7 Å². The van der Waals surface area contributed by atoms with Crippen molar-refractivity contribution >= 4 is 27.5 Å². The van der Waals surface area contributed by atoms with Gasteiger partial charge in [-0.15, -0.1) is 11.6 Å². The second-order valence-electron chi connectivity index (χ2n) is 5.67. The Kier molecular flexibility index (Phi) is 4.48. The maximum atomic E-state index is 6.23. The second kappa shape index (κ2) is 6.32. The van der Waals surface area contributed by atoms with Crippen molar-refractivity contribution in [1.29, 1.82) is 0 Å². The van der Waals surface area contributed by atoms with Gasteiger partial charge in [-0.2, -0.15) is 0 Å². The van der Waals surface area contributed by atoms with Crippen LogP contribution in [-0.4, -0.2) is 5.88 Å². The van der Waals surface area contributed by atoms with E-state index in [1.165, 1.54) is 17.5 Å². The van der Waals surface area contributed by atoms with Crippen molar-refractivity contribution in [2.45, 2.75) is 18.8 Å². The summed E-state index contributed by atoms with van der Waals surface area (Å²) in [6.07, 6.45) is 2.37. The van der Waals surface area contributed by atoms with Crippen molar-refractivity contribution in [1.82, 2.24) is 0 Å². The highest BCUT2D eigenvalue weighted by Crippen LogP contribution is 2.52. The van der Waals surface area contributed by atoms with Gasteiger partial charge in [0.15, 0.2) is 0 Å². The minimum atomic E-state index is 0.580. The third kappa shape index (κ3) is 3.27. The first-order valence-corrected chi connectivity index (χ1v) is 8.46. The van der Waals surface area contributed by atoms with Crippen LogP contribution in [0.15, 0.2) is 59.1 Å². The fraction of sp³-hybridized carbons (Fsp3) is 0.333. The zero-order valence-electron chi connectivity index (χ0n) is 11.3. The van der Waals surface area contributed by atoms with E-state index in [0.29, 0.717) is 11.8 Å². The van der Waals surface area contributed by atoms with Gasteiger partial charge in [-0.1, -0.05) is 58.4 Å². The van der Waals surface area contributed by atoms with Crippen LogP contribution < -0.4 is 0 Å². The first-order chi connectivity index (χ1) is 9.78. The molecule has 0 radical (unpaired) electrons. The van der Waals surface area contributed by atoms with Gasteiger partial charge < -0.3 is 0 Å². The first-order valence-electron chi connectivity index (χ1n) is 7.13. The van der Waals surface area contributed by atoms with Crippen LogP contribution in [0, 0.1) is 11.8 Å². The molecule has 0 aromatic heterocycles. The number of hydrogen-bond acceptors (Lipinski definition) is 0. The molecule has 0 amide bonds. The van der Waals surface area contributed by atoms with Crippen molar-refractivity contribution in [2.75, 3.05) is 5.88 Å². The van der Waals surface area contributed by atoms with Gasteiger partial charge in [0, 0.05) is 10.4 Å². The van der Waals surface area contributed by atoms with E-state index < -0.39 is 0 Å². The molecule has 20 heavy (non-hydrogen) atoms. The Labute approximate surface area is 134 Å². The third-order valence-corrected chi connectivity index (χ3v) is 5.15. The summed E-state index contributed by atoms with van der Waals surface area (Å²) in [7, 11) is 0. The molecule has 1 fully saturated rings. The van der Waals surface area contributed by atoms with Crippen LogP contribution in [0.2, 0.25) is 0 Å². The van der Waals surface area contributed by atoms with E-state index in [1.54, 1.807) is 0 Å². The molecule has 2 aromatic rings. The standard InChI is InChI=1S/C18H18BrCl/c19-16-8-4-5-13(10-16)9-15(12-20)18-11-17(18)14-6-2-1-3-7-14/h1-8,10,15,17-18H,9,11-12H2. The summed E-state index contributed by atoms with van der Waals surface area (Å²) < 4.78 is 1.15. The van der Waals surface area contributed by atoms with Crippen LogP contribution in [0.5, 0.6) is 0 Å². The lowest BCUT2D eigenvalue weighted by atomic mass is 9.94. The normalized spacial score (nSPS) is 22.5. The molecule has 0 saturated heterocycles. The van der Waals surface area contributed by atoms with Gasteiger partial charge in [-0.25, -0.2) is 0 Å². The molecule has 1 saturated carbocycles. The van der Waals surface area contributed by atoms with Gasteiger partial charge in [0.05, 0.1) is 0 Å². The molecule has 3 unspecified atom stereocenters. The van der Waals surface area contributed by atoms with E-state index in [2.05, 4.69) is 70.5 Å². The monoisotopic (exact) mass is 348 g/mol. The SMILES string of the molecule is ClCC(Cc1cccc(Br)c1)C1CC1c1ccccc1. The Balaban J connectivity index is 1.67. The van der Waals surface area contributed by atoms with Crippen LogP contribution in [0.1, 0.15) is 23.5 Å². The third-order valence-electron chi connectivity index (χ3n) is 4.26. The average Bonchev–Trinajstić information content (AvgIpc) is 3.26. The molecule has 0 spiro atoms. The lowest BCUT2D eigenvalue weighted by molar-refractivity contribution is 0.501. The fourth-order valence-electron chi connectivity index (χ4n) is 3.11. The summed E-state index contributed by atoms with van der Waals surface area (Å²) in [5, 5.41) is 0. The summed E-state index contributed by atoms with van der Waals surface area (Å²) in [5.41, 5.74) is 2.85. The van der Waals surface area contributed by atoms with E-state index in [4.69, 9.17) is 11.6 Å². The summed E-state index contributed by atoms with van der Waals surface area (Å²) >= 11 is 9.78. The Morgan fingerprint density at radius 3 is 2.60 bits per heavy atom. The van der Waals surface area contributed by atoms with Crippen molar-refractivity contribution in [3.05, 3.63) is 70.2 Å². The Morgan fingerprint density at radius 1 is 1.10 bits per heavy atom.